The molecule has 4 aromatic rings. The first kappa shape index (κ1) is 16.9. The van der Waals surface area contributed by atoms with Crippen molar-refractivity contribution in [2.45, 2.75) is 26.4 Å². The minimum Gasteiger partial charge on any atom is -0.417 e. The van der Waals surface area contributed by atoms with Gasteiger partial charge in [-0.05, 0) is 24.4 Å². The number of nitrogens with zero attached hydrogens (tertiary/aromatic N) is 5. The average Bonchev–Trinajstić information content (AvgIpc) is 3.33. The number of carbonyl (C=O) groups is 1. The number of fused-ring (bicyclic) bond motifs is 1. The van der Waals surface area contributed by atoms with E-state index in [0.717, 1.165) is 16.5 Å². The van der Waals surface area contributed by atoms with Crippen molar-refractivity contribution in [3.8, 4) is 11.6 Å². The minimum atomic E-state index is -0.105. The SMILES string of the molecule is Cc1ccn(CCC(=O)NCc2nnc(-c3nccc4ccccc34)o2)n1. The smallest absolute Gasteiger partial charge is 0.266 e. The molecule has 0 radical (unpaired) electrons. The van der Waals surface area contributed by atoms with Crippen molar-refractivity contribution in [1.29, 1.82) is 0 Å². The van der Waals surface area contributed by atoms with E-state index < -0.39 is 0 Å². The normalized spacial score (nSPS) is 11.0. The van der Waals surface area contributed by atoms with Crippen LogP contribution in [0.4, 0.5) is 0 Å². The van der Waals surface area contributed by atoms with Crippen LogP contribution in [-0.4, -0.2) is 30.9 Å². The first-order valence-electron chi connectivity index (χ1n) is 8.62. The van der Waals surface area contributed by atoms with Gasteiger partial charge in [-0.25, -0.2) is 0 Å². The number of aromatic nitrogens is 5. The molecule has 8 nitrogen and oxygen atoms in total. The van der Waals surface area contributed by atoms with Gasteiger partial charge in [0.25, 0.3) is 5.89 Å². The van der Waals surface area contributed by atoms with Gasteiger partial charge in [0.15, 0.2) is 0 Å². The van der Waals surface area contributed by atoms with Crippen LogP contribution in [0.1, 0.15) is 18.0 Å². The number of hydrogen-bond donors (Lipinski definition) is 1. The molecule has 0 saturated carbocycles. The summed E-state index contributed by atoms with van der Waals surface area (Å²) in [5.74, 6) is 0.567. The molecular formula is C19H18N6O2. The van der Waals surface area contributed by atoms with E-state index in [4.69, 9.17) is 4.42 Å². The maximum atomic E-state index is 12.0. The maximum absolute atomic E-state index is 12.0. The molecule has 0 fully saturated rings. The third-order valence-electron chi connectivity index (χ3n) is 4.12. The molecule has 0 spiro atoms. The Morgan fingerprint density at radius 3 is 2.93 bits per heavy atom. The quantitative estimate of drug-likeness (QED) is 0.566. The summed E-state index contributed by atoms with van der Waals surface area (Å²) >= 11 is 0. The summed E-state index contributed by atoms with van der Waals surface area (Å²) in [6, 6.07) is 11.7. The van der Waals surface area contributed by atoms with Crippen molar-refractivity contribution in [3.05, 3.63) is 60.4 Å². The lowest BCUT2D eigenvalue weighted by Crippen LogP contribution is -2.24. The van der Waals surface area contributed by atoms with Gasteiger partial charge >= 0.3 is 0 Å². The fraction of sp³-hybridized carbons (Fsp3) is 0.211. The van der Waals surface area contributed by atoms with Crippen molar-refractivity contribution in [2.75, 3.05) is 0 Å². The molecule has 0 bridgehead atoms. The van der Waals surface area contributed by atoms with E-state index in [1.165, 1.54) is 0 Å². The molecule has 0 unspecified atom stereocenters. The van der Waals surface area contributed by atoms with Gasteiger partial charge in [0.2, 0.25) is 11.8 Å². The summed E-state index contributed by atoms with van der Waals surface area (Å²) in [5.41, 5.74) is 1.56. The Kier molecular flexibility index (Phi) is 4.61. The van der Waals surface area contributed by atoms with Gasteiger partial charge in [-0.2, -0.15) is 5.10 Å². The van der Waals surface area contributed by atoms with Crippen LogP contribution in [0, 0.1) is 6.92 Å². The number of amides is 1. The van der Waals surface area contributed by atoms with Crippen molar-refractivity contribution >= 4 is 16.7 Å². The number of benzene rings is 1. The standard InChI is InChI=1S/C19H18N6O2/c1-13-7-10-25(24-13)11-8-16(26)21-12-17-22-23-19(27-17)18-15-5-3-2-4-14(15)6-9-20-18/h2-7,9-10H,8,11-12H2,1H3,(H,21,26). The number of pyridine rings is 1. The summed E-state index contributed by atoms with van der Waals surface area (Å²) in [6.07, 6.45) is 3.89. The topological polar surface area (TPSA) is 98.7 Å². The molecule has 3 aromatic heterocycles. The van der Waals surface area contributed by atoms with Gasteiger partial charge in [-0.1, -0.05) is 24.3 Å². The Morgan fingerprint density at radius 1 is 1.19 bits per heavy atom. The van der Waals surface area contributed by atoms with Gasteiger partial charge in [-0.15, -0.1) is 10.2 Å². The van der Waals surface area contributed by atoms with Crippen LogP contribution in [0.2, 0.25) is 0 Å². The van der Waals surface area contributed by atoms with E-state index in [9.17, 15) is 4.79 Å². The van der Waals surface area contributed by atoms with E-state index >= 15 is 0 Å². The Labute approximate surface area is 155 Å². The molecule has 3 heterocycles. The van der Waals surface area contributed by atoms with Crippen molar-refractivity contribution in [2.24, 2.45) is 0 Å². The minimum absolute atomic E-state index is 0.105. The summed E-state index contributed by atoms with van der Waals surface area (Å²) in [4.78, 5) is 16.4. The number of rotatable bonds is 6. The second-order valence-electron chi connectivity index (χ2n) is 6.13. The summed E-state index contributed by atoms with van der Waals surface area (Å²) in [7, 11) is 0. The van der Waals surface area contributed by atoms with Crippen LogP contribution in [0.15, 0.2) is 53.2 Å². The molecule has 0 aliphatic carbocycles. The molecular weight excluding hydrogens is 344 g/mol. The third kappa shape index (κ3) is 3.84. The van der Waals surface area contributed by atoms with Crippen LogP contribution >= 0.6 is 0 Å². The van der Waals surface area contributed by atoms with Gasteiger partial charge in [-0.3, -0.25) is 14.5 Å². The third-order valence-corrected chi connectivity index (χ3v) is 4.12. The van der Waals surface area contributed by atoms with Gasteiger partial charge < -0.3 is 9.73 Å². The van der Waals surface area contributed by atoms with Gasteiger partial charge in [0.05, 0.1) is 12.2 Å². The van der Waals surface area contributed by atoms with Crippen LogP contribution in [0.25, 0.3) is 22.4 Å². The number of hydrogen-bond acceptors (Lipinski definition) is 6. The fourth-order valence-corrected chi connectivity index (χ4v) is 2.78. The highest BCUT2D eigenvalue weighted by atomic mass is 16.4. The van der Waals surface area contributed by atoms with E-state index in [0.29, 0.717) is 30.4 Å². The van der Waals surface area contributed by atoms with Crippen LogP contribution in [-0.2, 0) is 17.9 Å². The number of aryl methyl sites for hydroxylation is 2. The summed E-state index contributed by atoms with van der Waals surface area (Å²) < 4.78 is 7.42. The Hall–Kier alpha value is -3.55. The molecule has 0 atom stereocenters. The molecule has 27 heavy (non-hydrogen) atoms. The highest BCUT2D eigenvalue weighted by Gasteiger charge is 2.13. The molecule has 136 valence electrons. The molecule has 1 N–H and O–H groups in total. The summed E-state index contributed by atoms with van der Waals surface area (Å²) in [6.45, 7) is 2.61. The number of nitrogens with one attached hydrogen (secondary N) is 1. The van der Waals surface area contributed by atoms with Gasteiger partial charge in [0.1, 0.15) is 5.69 Å². The molecule has 0 aliphatic heterocycles. The lowest BCUT2D eigenvalue weighted by atomic mass is 10.1. The lowest BCUT2D eigenvalue weighted by molar-refractivity contribution is -0.121. The number of carbonyl (C=O) groups excluding carboxylic acids is 1. The zero-order chi connectivity index (χ0) is 18.6. The molecule has 4 rings (SSSR count). The average molecular weight is 362 g/mol. The van der Waals surface area contributed by atoms with E-state index in [-0.39, 0.29) is 12.5 Å². The van der Waals surface area contributed by atoms with Crippen LogP contribution in [0.5, 0.6) is 0 Å². The molecule has 1 aromatic carbocycles. The molecule has 0 aliphatic rings. The first-order chi connectivity index (χ1) is 13.2. The Balaban J connectivity index is 1.38. The second-order valence-corrected chi connectivity index (χ2v) is 6.13. The zero-order valence-corrected chi connectivity index (χ0v) is 14.8. The highest BCUT2D eigenvalue weighted by molar-refractivity contribution is 5.92. The van der Waals surface area contributed by atoms with Gasteiger partial charge in [0, 0.05) is 30.7 Å². The van der Waals surface area contributed by atoms with Crippen molar-refractivity contribution < 1.29 is 9.21 Å². The zero-order valence-electron chi connectivity index (χ0n) is 14.8. The largest absolute Gasteiger partial charge is 0.417 e. The first-order valence-corrected chi connectivity index (χ1v) is 8.62. The van der Waals surface area contributed by atoms with E-state index in [1.807, 2.05) is 49.5 Å². The maximum Gasteiger partial charge on any atom is 0.266 e. The predicted molar refractivity (Wildman–Crippen MR) is 98.5 cm³/mol. The van der Waals surface area contributed by atoms with Crippen molar-refractivity contribution in [3.63, 3.8) is 0 Å². The predicted octanol–water partition coefficient (Wildman–Crippen LogP) is 2.50. The Bertz CT molecular complexity index is 1080. The molecule has 8 heteroatoms. The van der Waals surface area contributed by atoms with Crippen LogP contribution < -0.4 is 5.32 Å². The van der Waals surface area contributed by atoms with E-state index in [1.54, 1.807) is 10.9 Å². The molecule has 1 amide bonds. The fourth-order valence-electron chi connectivity index (χ4n) is 2.78. The van der Waals surface area contributed by atoms with Crippen LogP contribution in [0.3, 0.4) is 0 Å². The highest BCUT2D eigenvalue weighted by Crippen LogP contribution is 2.25. The molecule has 0 saturated heterocycles. The van der Waals surface area contributed by atoms with Crippen molar-refractivity contribution in [1.82, 2.24) is 30.3 Å². The summed E-state index contributed by atoms with van der Waals surface area (Å²) in [5, 5.41) is 17.1. The monoisotopic (exact) mass is 362 g/mol. The second kappa shape index (κ2) is 7.36. The Morgan fingerprint density at radius 2 is 2.07 bits per heavy atom. The van der Waals surface area contributed by atoms with E-state index in [2.05, 4.69) is 25.6 Å². The lowest BCUT2D eigenvalue weighted by Gasteiger charge is -2.03.